The molecular formula is C11H15ClN2. The molecule has 0 aliphatic rings. The predicted octanol–water partition coefficient (Wildman–Crippen LogP) is 2.87. The molecule has 14 heavy (non-hydrogen) atoms. The van der Waals surface area contributed by atoms with Crippen LogP contribution < -0.4 is 5.32 Å². The Morgan fingerprint density at radius 2 is 2.43 bits per heavy atom. The summed E-state index contributed by atoms with van der Waals surface area (Å²) in [6.45, 7) is 4.87. The van der Waals surface area contributed by atoms with E-state index in [0.29, 0.717) is 0 Å². The second kappa shape index (κ2) is 5.78. The standard InChI is InChI=1S/C11H15ClN2/c1-9(7-12)8-14-10(2)11-5-3-4-6-13-11/h3-7,10,14H,8H2,1-2H3/b9-7+/t10-/m0/s1. The molecule has 76 valence electrons. The van der Waals surface area contributed by atoms with Crippen LogP contribution in [0.1, 0.15) is 25.6 Å². The van der Waals surface area contributed by atoms with Gasteiger partial charge in [-0.3, -0.25) is 4.98 Å². The maximum Gasteiger partial charge on any atom is 0.0570 e. The van der Waals surface area contributed by atoms with Gasteiger partial charge in [0.1, 0.15) is 0 Å². The highest BCUT2D eigenvalue weighted by Crippen LogP contribution is 2.08. The van der Waals surface area contributed by atoms with Gasteiger partial charge in [-0.2, -0.15) is 0 Å². The lowest BCUT2D eigenvalue weighted by Gasteiger charge is -2.12. The third-order valence-electron chi connectivity index (χ3n) is 2.00. The van der Waals surface area contributed by atoms with E-state index >= 15 is 0 Å². The summed E-state index contributed by atoms with van der Waals surface area (Å²) in [5.41, 5.74) is 3.77. The van der Waals surface area contributed by atoms with E-state index in [9.17, 15) is 0 Å². The molecule has 0 spiro atoms. The Labute approximate surface area is 90.0 Å². The monoisotopic (exact) mass is 210 g/mol. The van der Waals surface area contributed by atoms with Crippen molar-refractivity contribution in [3.05, 3.63) is 41.2 Å². The first kappa shape index (κ1) is 11.2. The second-order valence-electron chi connectivity index (χ2n) is 3.31. The van der Waals surface area contributed by atoms with Crippen molar-refractivity contribution in [2.24, 2.45) is 0 Å². The largest absolute Gasteiger partial charge is 0.305 e. The van der Waals surface area contributed by atoms with Gasteiger partial charge >= 0.3 is 0 Å². The Morgan fingerprint density at radius 1 is 1.64 bits per heavy atom. The van der Waals surface area contributed by atoms with Crippen LogP contribution in [-0.4, -0.2) is 11.5 Å². The van der Waals surface area contributed by atoms with E-state index in [0.717, 1.165) is 17.8 Å². The molecule has 1 N–H and O–H groups in total. The minimum absolute atomic E-state index is 0.253. The number of rotatable bonds is 4. The van der Waals surface area contributed by atoms with E-state index in [2.05, 4.69) is 17.2 Å². The molecule has 1 aromatic rings. The average Bonchev–Trinajstić information content (AvgIpc) is 2.26. The van der Waals surface area contributed by atoms with Crippen LogP contribution in [0.4, 0.5) is 0 Å². The van der Waals surface area contributed by atoms with Gasteiger partial charge in [-0.15, -0.1) is 0 Å². The number of nitrogens with zero attached hydrogens (tertiary/aromatic N) is 1. The number of hydrogen-bond donors (Lipinski definition) is 1. The minimum atomic E-state index is 0.253. The lowest BCUT2D eigenvalue weighted by atomic mass is 10.2. The summed E-state index contributed by atoms with van der Waals surface area (Å²) in [4.78, 5) is 4.27. The summed E-state index contributed by atoms with van der Waals surface area (Å²) in [5.74, 6) is 0. The Bertz CT molecular complexity index is 295. The van der Waals surface area contributed by atoms with Crippen molar-refractivity contribution >= 4 is 11.6 Å². The molecule has 0 aromatic carbocycles. The van der Waals surface area contributed by atoms with E-state index in [1.165, 1.54) is 0 Å². The molecule has 3 heteroatoms. The molecule has 0 radical (unpaired) electrons. The zero-order valence-corrected chi connectivity index (χ0v) is 9.25. The summed E-state index contributed by atoms with van der Waals surface area (Å²) >= 11 is 5.56. The topological polar surface area (TPSA) is 24.9 Å². The van der Waals surface area contributed by atoms with Crippen LogP contribution in [0.3, 0.4) is 0 Å². The van der Waals surface area contributed by atoms with Crippen LogP contribution in [0.25, 0.3) is 0 Å². The van der Waals surface area contributed by atoms with E-state index < -0.39 is 0 Å². The van der Waals surface area contributed by atoms with Gasteiger partial charge in [-0.05, 0) is 31.6 Å². The lowest BCUT2D eigenvalue weighted by molar-refractivity contribution is 0.592. The van der Waals surface area contributed by atoms with Crippen LogP contribution in [0.5, 0.6) is 0 Å². The number of halogens is 1. The van der Waals surface area contributed by atoms with Crippen LogP contribution in [-0.2, 0) is 0 Å². The molecule has 1 atom stereocenters. The molecular weight excluding hydrogens is 196 g/mol. The van der Waals surface area contributed by atoms with Gasteiger partial charge in [0.15, 0.2) is 0 Å². The summed E-state index contributed by atoms with van der Waals surface area (Å²) in [6, 6.07) is 6.17. The molecule has 0 fully saturated rings. The van der Waals surface area contributed by atoms with Crippen LogP contribution in [0.2, 0.25) is 0 Å². The quantitative estimate of drug-likeness (QED) is 0.827. The highest BCUT2D eigenvalue weighted by atomic mass is 35.5. The molecule has 0 aliphatic carbocycles. The molecule has 1 aromatic heterocycles. The smallest absolute Gasteiger partial charge is 0.0570 e. The molecule has 1 rings (SSSR count). The number of aromatic nitrogens is 1. The summed E-state index contributed by atoms with van der Waals surface area (Å²) in [6.07, 6.45) is 1.80. The van der Waals surface area contributed by atoms with Gasteiger partial charge in [0.25, 0.3) is 0 Å². The number of pyridine rings is 1. The first-order chi connectivity index (χ1) is 6.74. The Hall–Kier alpha value is -0.860. The lowest BCUT2D eigenvalue weighted by Crippen LogP contribution is -2.21. The molecule has 0 saturated carbocycles. The van der Waals surface area contributed by atoms with Gasteiger partial charge < -0.3 is 5.32 Å². The van der Waals surface area contributed by atoms with Crippen LogP contribution >= 0.6 is 11.6 Å². The first-order valence-electron chi connectivity index (χ1n) is 4.64. The van der Waals surface area contributed by atoms with Crippen LogP contribution in [0.15, 0.2) is 35.5 Å². The van der Waals surface area contributed by atoms with Crippen LogP contribution in [0, 0.1) is 0 Å². The van der Waals surface area contributed by atoms with E-state index in [-0.39, 0.29) is 6.04 Å². The average molecular weight is 211 g/mol. The van der Waals surface area contributed by atoms with Crippen molar-refractivity contribution in [2.45, 2.75) is 19.9 Å². The van der Waals surface area contributed by atoms with Gasteiger partial charge in [0.2, 0.25) is 0 Å². The van der Waals surface area contributed by atoms with E-state index in [1.54, 1.807) is 11.7 Å². The molecule has 0 aliphatic heterocycles. The van der Waals surface area contributed by atoms with Gasteiger partial charge in [0, 0.05) is 24.3 Å². The molecule has 0 amide bonds. The Morgan fingerprint density at radius 3 is 3.00 bits per heavy atom. The second-order valence-corrected chi connectivity index (χ2v) is 3.53. The van der Waals surface area contributed by atoms with Crippen molar-refractivity contribution in [1.82, 2.24) is 10.3 Å². The Balaban J connectivity index is 2.47. The zero-order chi connectivity index (χ0) is 10.4. The normalized spacial score (nSPS) is 14.1. The molecule has 0 bridgehead atoms. The molecule has 2 nitrogen and oxygen atoms in total. The minimum Gasteiger partial charge on any atom is -0.305 e. The maximum absolute atomic E-state index is 5.56. The predicted molar refractivity (Wildman–Crippen MR) is 60.3 cm³/mol. The van der Waals surface area contributed by atoms with Crippen molar-refractivity contribution in [2.75, 3.05) is 6.54 Å². The zero-order valence-electron chi connectivity index (χ0n) is 8.50. The third-order valence-corrected chi connectivity index (χ3v) is 2.38. The van der Waals surface area contributed by atoms with E-state index in [1.807, 2.05) is 25.1 Å². The first-order valence-corrected chi connectivity index (χ1v) is 5.08. The van der Waals surface area contributed by atoms with E-state index in [4.69, 9.17) is 11.6 Å². The van der Waals surface area contributed by atoms with Crippen molar-refractivity contribution in [1.29, 1.82) is 0 Å². The SMILES string of the molecule is C/C(=C\Cl)CN[C@@H](C)c1ccccn1. The molecule has 0 unspecified atom stereocenters. The third kappa shape index (κ3) is 3.48. The van der Waals surface area contributed by atoms with Crippen molar-refractivity contribution < 1.29 is 0 Å². The fourth-order valence-corrected chi connectivity index (χ4v) is 1.17. The summed E-state index contributed by atoms with van der Waals surface area (Å²) in [7, 11) is 0. The summed E-state index contributed by atoms with van der Waals surface area (Å²) < 4.78 is 0. The van der Waals surface area contributed by atoms with Crippen molar-refractivity contribution in [3.63, 3.8) is 0 Å². The molecule has 0 saturated heterocycles. The number of hydrogen-bond acceptors (Lipinski definition) is 2. The highest BCUT2D eigenvalue weighted by Gasteiger charge is 2.04. The maximum atomic E-state index is 5.56. The Kier molecular flexibility index (Phi) is 4.63. The van der Waals surface area contributed by atoms with Crippen molar-refractivity contribution in [3.8, 4) is 0 Å². The van der Waals surface area contributed by atoms with Gasteiger partial charge in [0.05, 0.1) is 5.69 Å². The van der Waals surface area contributed by atoms with Gasteiger partial charge in [-0.1, -0.05) is 17.7 Å². The summed E-state index contributed by atoms with van der Waals surface area (Å²) in [5, 5.41) is 3.33. The fourth-order valence-electron chi connectivity index (χ4n) is 1.09. The fraction of sp³-hybridized carbons (Fsp3) is 0.364. The highest BCUT2D eigenvalue weighted by molar-refractivity contribution is 6.25. The molecule has 1 heterocycles. The van der Waals surface area contributed by atoms with Gasteiger partial charge in [-0.25, -0.2) is 0 Å². The number of nitrogens with one attached hydrogen (secondary N) is 1.